The molecule has 0 aliphatic carbocycles. The van der Waals surface area contributed by atoms with E-state index in [1.54, 1.807) is 11.0 Å². The number of amides is 1. The van der Waals surface area contributed by atoms with Gasteiger partial charge in [0.1, 0.15) is 6.33 Å². The lowest BCUT2D eigenvalue weighted by Crippen LogP contribution is -2.38. The molecule has 7 nitrogen and oxygen atoms in total. The first kappa shape index (κ1) is 18.3. The molecule has 2 aromatic carbocycles. The molecule has 7 heteroatoms. The van der Waals surface area contributed by atoms with E-state index in [1.165, 1.54) is 5.56 Å². The van der Waals surface area contributed by atoms with Gasteiger partial charge < -0.3 is 5.32 Å². The fourth-order valence-corrected chi connectivity index (χ4v) is 3.71. The van der Waals surface area contributed by atoms with Gasteiger partial charge in [-0.3, -0.25) is 9.69 Å². The molecule has 2 atom stereocenters. The highest BCUT2D eigenvalue weighted by Crippen LogP contribution is 2.24. The molecule has 2 unspecified atom stereocenters. The summed E-state index contributed by atoms with van der Waals surface area (Å²) in [6, 6.07) is 18.8. The first-order valence-electron chi connectivity index (χ1n) is 9.60. The minimum Gasteiger partial charge on any atom is -0.352 e. The van der Waals surface area contributed by atoms with E-state index in [4.69, 9.17) is 0 Å². The summed E-state index contributed by atoms with van der Waals surface area (Å²) in [6.45, 7) is 4.12. The van der Waals surface area contributed by atoms with Gasteiger partial charge in [-0.2, -0.15) is 0 Å². The van der Waals surface area contributed by atoms with E-state index >= 15 is 0 Å². The van der Waals surface area contributed by atoms with Gasteiger partial charge in [-0.15, -0.1) is 5.10 Å². The summed E-state index contributed by atoms with van der Waals surface area (Å²) >= 11 is 0. The Balaban J connectivity index is 1.28. The predicted octanol–water partition coefficient (Wildman–Crippen LogP) is 2.16. The highest BCUT2D eigenvalue weighted by atomic mass is 16.1. The Morgan fingerprint density at radius 2 is 1.96 bits per heavy atom. The quantitative estimate of drug-likeness (QED) is 0.713. The molecule has 0 saturated carbocycles. The molecule has 1 amide bonds. The minimum atomic E-state index is 0.0642. The zero-order chi connectivity index (χ0) is 19.3. The number of nitrogens with zero attached hydrogens (tertiary/aromatic N) is 5. The van der Waals surface area contributed by atoms with Gasteiger partial charge in [0.05, 0.1) is 12.1 Å². The zero-order valence-corrected chi connectivity index (χ0v) is 15.9. The van der Waals surface area contributed by atoms with E-state index in [2.05, 4.69) is 56.9 Å². The Morgan fingerprint density at radius 3 is 2.68 bits per heavy atom. The molecule has 1 aliphatic rings. The molecule has 3 aromatic rings. The molecule has 4 rings (SSSR count). The maximum absolute atomic E-state index is 12.5. The molecule has 1 fully saturated rings. The van der Waals surface area contributed by atoms with Crippen molar-refractivity contribution in [3.63, 3.8) is 0 Å². The molecule has 144 valence electrons. The first-order chi connectivity index (χ1) is 13.7. The second-order valence-electron chi connectivity index (χ2n) is 7.23. The van der Waals surface area contributed by atoms with Crippen LogP contribution in [-0.2, 0) is 11.2 Å². The smallest absolute Gasteiger partial charge is 0.224 e. The van der Waals surface area contributed by atoms with Crippen molar-refractivity contribution in [1.82, 2.24) is 30.4 Å². The van der Waals surface area contributed by atoms with Crippen LogP contribution in [0.1, 0.15) is 30.5 Å². The van der Waals surface area contributed by atoms with Crippen LogP contribution < -0.4 is 5.32 Å². The zero-order valence-electron chi connectivity index (χ0n) is 15.9. The molecule has 1 aliphatic heterocycles. The van der Waals surface area contributed by atoms with Gasteiger partial charge in [0.15, 0.2) is 0 Å². The Morgan fingerprint density at radius 1 is 1.18 bits per heavy atom. The van der Waals surface area contributed by atoms with Crippen LogP contribution in [0.4, 0.5) is 0 Å². The van der Waals surface area contributed by atoms with Crippen LogP contribution in [-0.4, -0.2) is 50.1 Å². The molecule has 28 heavy (non-hydrogen) atoms. The predicted molar refractivity (Wildman–Crippen MR) is 106 cm³/mol. The lowest BCUT2D eigenvalue weighted by Gasteiger charge is -2.24. The molecule has 0 bridgehead atoms. The SMILES string of the molecule is CC(c1ccccc1)N1CCC(NC(=O)Cc2ccc(-n3cnnn3)cc2)C1. The van der Waals surface area contributed by atoms with Gasteiger partial charge in [-0.1, -0.05) is 42.5 Å². The van der Waals surface area contributed by atoms with Crippen molar-refractivity contribution in [3.05, 3.63) is 72.1 Å². The standard InChI is InChI=1S/C21H24N6O/c1-16(18-5-3-2-4-6-18)26-12-11-19(14-26)23-21(28)13-17-7-9-20(10-8-17)27-15-22-24-25-27/h2-10,15-16,19H,11-14H2,1H3,(H,23,28). The van der Waals surface area contributed by atoms with Crippen LogP contribution in [0.3, 0.4) is 0 Å². The van der Waals surface area contributed by atoms with E-state index in [9.17, 15) is 4.79 Å². The third-order valence-electron chi connectivity index (χ3n) is 5.33. The second kappa shape index (κ2) is 8.31. The summed E-state index contributed by atoms with van der Waals surface area (Å²) < 4.78 is 1.59. The van der Waals surface area contributed by atoms with Crippen molar-refractivity contribution >= 4 is 5.91 Å². The lowest BCUT2D eigenvalue weighted by atomic mass is 10.1. The fraction of sp³-hybridized carbons (Fsp3) is 0.333. The molecule has 2 heterocycles. The number of benzene rings is 2. The number of hydrogen-bond acceptors (Lipinski definition) is 5. The number of carbonyl (C=O) groups excluding carboxylic acids is 1. The van der Waals surface area contributed by atoms with Crippen molar-refractivity contribution in [2.75, 3.05) is 13.1 Å². The second-order valence-corrected chi connectivity index (χ2v) is 7.23. The molecule has 1 saturated heterocycles. The van der Waals surface area contributed by atoms with Crippen LogP contribution in [0.5, 0.6) is 0 Å². The average molecular weight is 376 g/mol. The van der Waals surface area contributed by atoms with Crippen molar-refractivity contribution in [1.29, 1.82) is 0 Å². The third kappa shape index (κ3) is 4.26. The van der Waals surface area contributed by atoms with Crippen molar-refractivity contribution in [2.24, 2.45) is 0 Å². The maximum Gasteiger partial charge on any atom is 0.224 e. The molecule has 0 radical (unpaired) electrons. The van der Waals surface area contributed by atoms with Crippen LogP contribution in [0.2, 0.25) is 0 Å². The summed E-state index contributed by atoms with van der Waals surface area (Å²) in [4.78, 5) is 14.9. The first-order valence-corrected chi connectivity index (χ1v) is 9.60. The summed E-state index contributed by atoms with van der Waals surface area (Å²) in [5, 5.41) is 14.3. The van der Waals surface area contributed by atoms with E-state index in [-0.39, 0.29) is 11.9 Å². The third-order valence-corrected chi connectivity index (χ3v) is 5.33. The number of hydrogen-bond donors (Lipinski definition) is 1. The van der Waals surface area contributed by atoms with Gasteiger partial charge in [0.2, 0.25) is 5.91 Å². The van der Waals surface area contributed by atoms with Gasteiger partial charge >= 0.3 is 0 Å². The molecule has 1 N–H and O–H groups in total. The summed E-state index contributed by atoms with van der Waals surface area (Å²) in [7, 11) is 0. The van der Waals surface area contributed by atoms with Crippen LogP contribution in [0.25, 0.3) is 5.69 Å². The number of rotatable bonds is 6. The number of carbonyl (C=O) groups is 1. The topological polar surface area (TPSA) is 75.9 Å². The fourth-order valence-electron chi connectivity index (χ4n) is 3.71. The van der Waals surface area contributed by atoms with Crippen LogP contribution >= 0.6 is 0 Å². The van der Waals surface area contributed by atoms with Gasteiger partial charge in [0.25, 0.3) is 0 Å². The number of likely N-dealkylation sites (tertiary alicyclic amines) is 1. The molecule has 1 aromatic heterocycles. The van der Waals surface area contributed by atoms with Gasteiger partial charge in [-0.25, -0.2) is 4.68 Å². The monoisotopic (exact) mass is 376 g/mol. The summed E-state index contributed by atoms with van der Waals surface area (Å²) in [5.74, 6) is 0.0642. The van der Waals surface area contributed by atoms with Crippen LogP contribution in [0, 0.1) is 0 Å². The highest BCUT2D eigenvalue weighted by Gasteiger charge is 2.27. The van der Waals surface area contributed by atoms with Gasteiger partial charge in [-0.05, 0) is 47.0 Å². The number of nitrogens with one attached hydrogen (secondary N) is 1. The summed E-state index contributed by atoms with van der Waals surface area (Å²) in [6.07, 6.45) is 2.91. The summed E-state index contributed by atoms with van der Waals surface area (Å²) in [5.41, 5.74) is 3.16. The Bertz CT molecular complexity index is 894. The van der Waals surface area contributed by atoms with Crippen LogP contribution in [0.15, 0.2) is 60.9 Å². The Kier molecular flexibility index (Phi) is 5.43. The molecular weight excluding hydrogens is 352 g/mol. The largest absolute Gasteiger partial charge is 0.352 e. The molecule has 0 spiro atoms. The average Bonchev–Trinajstić information content (AvgIpc) is 3.41. The minimum absolute atomic E-state index is 0.0642. The van der Waals surface area contributed by atoms with E-state index < -0.39 is 0 Å². The van der Waals surface area contributed by atoms with Gasteiger partial charge in [0, 0.05) is 25.2 Å². The van der Waals surface area contributed by atoms with Crippen molar-refractivity contribution in [3.8, 4) is 5.69 Å². The Labute approximate surface area is 164 Å². The Hall–Kier alpha value is -3.06. The molecular formula is C21H24N6O. The number of tetrazole rings is 1. The van der Waals surface area contributed by atoms with Crippen molar-refractivity contribution < 1.29 is 4.79 Å². The van der Waals surface area contributed by atoms with E-state index in [1.807, 2.05) is 30.3 Å². The highest BCUT2D eigenvalue weighted by molar-refractivity contribution is 5.79. The lowest BCUT2D eigenvalue weighted by molar-refractivity contribution is -0.121. The maximum atomic E-state index is 12.5. The number of aromatic nitrogens is 4. The normalized spacial score (nSPS) is 18.1. The van der Waals surface area contributed by atoms with E-state index in [0.29, 0.717) is 12.5 Å². The van der Waals surface area contributed by atoms with Crippen molar-refractivity contribution in [2.45, 2.75) is 31.8 Å². The van der Waals surface area contributed by atoms with E-state index in [0.717, 1.165) is 30.8 Å².